The molecule has 0 unspecified atom stereocenters. The smallest absolute Gasteiger partial charge is 0.138 e. The van der Waals surface area contributed by atoms with Crippen LogP contribution in [0.25, 0.3) is 0 Å². The van der Waals surface area contributed by atoms with E-state index >= 15 is 0 Å². The Hall–Kier alpha value is -0.500. The molecule has 0 fully saturated rings. The normalized spacial score (nSPS) is 20.0. The van der Waals surface area contributed by atoms with Crippen molar-refractivity contribution in [2.75, 3.05) is 13.3 Å². The Morgan fingerprint density at radius 1 is 1.83 bits per heavy atom. The number of hydrogen-bond acceptors (Lipinski definition) is 2. The van der Waals surface area contributed by atoms with Crippen molar-refractivity contribution < 1.29 is 4.74 Å². The summed E-state index contributed by atoms with van der Waals surface area (Å²) in [5, 5.41) is 2.92. The van der Waals surface area contributed by atoms with Crippen molar-refractivity contribution in [2.45, 2.75) is 0 Å². The molecule has 6 heavy (non-hydrogen) atoms. The van der Waals surface area contributed by atoms with Gasteiger partial charge in [-0.25, -0.2) is 0 Å². The van der Waals surface area contributed by atoms with Gasteiger partial charge in [0.25, 0.3) is 0 Å². The average molecular weight is 84.1 g/mol. The molecule has 0 bridgehead atoms. The Morgan fingerprint density at radius 3 is 3.00 bits per heavy atom. The Morgan fingerprint density at radius 2 is 2.83 bits per heavy atom. The third-order valence-electron chi connectivity index (χ3n) is 0.579. The van der Waals surface area contributed by atoms with Crippen molar-refractivity contribution in [2.24, 2.45) is 0 Å². The fourth-order valence-electron chi connectivity index (χ4n) is 0.324. The maximum absolute atomic E-state index is 4.72. The highest BCUT2D eigenvalue weighted by molar-refractivity contribution is 4.68. The van der Waals surface area contributed by atoms with Gasteiger partial charge in [0.05, 0.1) is 6.26 Å². The van der Waals surface area contributed by atoms with E-state index in [1.807, 2.05) is 0 Å². The lowest BCUT2D eigenvalue weighted by Crippen LogP contribution is -2.19. The standard InChI is InChI=1S/C4H6NO/c1-2-5-4-6-3-1/h3,5H,2,4H2. The molecule has 0 saturated heterocycles. The van der Waals surface area contributed by atoms with Crippen LogP contribution < -0.4 is 5.32 Å². The number of ether oxygens (including phenoxy) is 1. The van der Waals surface area contributed by atoms with Gasteiger partial charge in [0, 0.05) is 12.6 Å². The van der Waals surface area contributed by atoms with Crippen molar-refractivity contribution in [1.82, 2.24) is 5.32 Å². The molecule has 1 aliphatic rings. The summed E-state index contributed by atoms with van der Waals surface area (Å²) in [5.74, 6) is 0. The van der Waals surface area contributed by atoms with Crippen LogP contribution in [-0.4, -0.2) is 13.3 Å². The monoisotopic (exact) mass is 84.0 g/mol. The Labute approximate surface area is 36.8 Å². The first kappa shape index (κ1) is 3.68. The molecular weight excluding hydrogens is 78.0 g/mol. The molecule has 0 aromatic heterocycles. The summed E-state index contributed by atoms with van der Waals surface area (Å²) in [6, 6.07) is 0. The molecule has 2 heteroatoms. The topological polar surface area (TPSA) is 21.3 Å². The minimum atomic E-state index is 0.632. The Bertz CT molecular complexity index is 52.6. The van der Waals surface area contributed by atoms with Crippen LogP contribution in [0.1, 0.15) is 0 Å². The highest BCUT2D eigenvalue weighted by Gasteiger charge is 1.84. The second-order valence-electron chi connectivity index (χ2n) is 1.06. The van der Waals surface area contributed by atoms with Crippen molar-refractivity contribution in [3.63, 3.8) is 0 Å². The maximum Gasteiger partial charge on any atom is 0.138 e. The van der Waals surface area contributed by atoms with Gasteiger partial charge in [-0.1, -0.05) is 0 Å². The quantitative estimate of drug-likeness (QED) is 0.442. The second-order valence-corrected chi connectivity index (χ2v) is 1.06. The predicted octanol–water partition coefficient (Wildman–Crippen LogP) is -0.119. The van der Waals surface area contributed by atoms with Crippen LogP contribution in [0.4, 0.5) is 0 Å². The van der Waals surface area contributed by atoms with E-state index in [1.54, 1.807) is 6.26 Å². The molecule has 2 nitrogen and oxygen atoms in total. The molecule has 33 valence electrons. The number of hydrogen-bond donors (Lipinski definition) is 1. The van der Waals surface area contributed by atoms with Gasteiger partial charge < -0.3 is 4.74 Å². The number of rotatable bonds is 0. The third kappa shape index (κ3) is 0.723. The average Bonchev–Trinajstić information content (AvgIpc) is 1.72. The lowest BCUT2D eigenvalue weighted by Gasteiger charge is -2.03. The minimum Gasteiger partial charge on any atom is -0.486 e. The molecule has 1 aliphatic heterocycles. The van der Waals surface area contributed by atoms with Gasteiger partial charge in [-0.15, -0.1) is 0 Å². The summed E-state index contributed by atoms with van der Waals surface area (Å²) in [6.07, 6.45) is 4.41. The lowest BCUT2D eigenvalue weighted by molar-refractivity contribution is 0.209. The minimum absolute atomic E-state index is 0.632. The van der Waals surface area contributed by atoms with E-state index in [-0.39, 0.29) is 0 Å². The van der Waals surface area contributed by atoms with Gasteiger partial charge >= 0.3 is 0 Å². The van der Waals surface area contributed by atoms with Gasteiger partial charge in [-0.2, -0.15) is 0 Å². The van der Waals surface area contributed by atoms with E-state index in [4.69, 9.17) is 4.74 Å². The largest absolute Gasteiger partial charge is 0.486 e. The molecule has 1 radical (unpaired) electrons. The van der Waals surface area contributed by atoms with Crippen LogP contribution in [0.5, 0.6) is 0 Å². The van der Waals surface area contributed by atoms with Crippen molar-refractivity contribution in [3.05, 3.63) is 12.3 Å². The Kier molecular flexibility index (Phi) is 1.12. The molecule has 0 aromatic rings. The van der Waals surface area contributed by atoms with E-state index < -0.39 is 0 Å². The fourth-order valence-corrected chi connectivity index (χ4v) is 0.324. The summed E-state index contributed by atoms with van der Waals surface area (Å²) in [5.41, 5.74) is 0. The zero-order valence-electron chi connectivity index (χ0n) is 3.40. The highest BCUT2D eigenvalue weighted by Crippen LogP contribution is 1.77. The molecule has 0 amide bonds. The van der Waals surface area contributed by atoms with Crippen LogP contribution in [0.2, 0.25) is 0 Å². The molecule has 0 saturated carbocycles. The van der Waals surface area contributed by atoms with Crippen molar-refractivity contribution in [3.8, 4) is 0 Å². The van der Waals surface area contributed by atoms with Gasteiger partial charge in [-0.3, -0.25) is 5.32 Å². The van der Waals surface area contributed by atoms with E-state index in [0.29, 0.717) is 6.73 Å². The molecule has 1 heterocycles. The second kappa shape index (κ2) is 1.82. The molecule has 0 spiro atoms. The Balaban J connectivity index is 2.26. The summed E-state index contributed by atoms with van der Waals surface area (Å²) < 4.78 is 4.72. The van der Waals surface area contributed by atoms with E-state index in [2.05, 4.69) is 11.4 Å². The molecule has 0 atom stereocenters. The van der Waals surface area contributed by atoms with E-state index in [1.165, 1.54) is 0 Å². The van der Waals surface area contributed by atoms with Gasteiger partial charge in [-0.05, 0) is 0 Å². The van der Waals surface area contributed by atoms with Gasteiger partial charge in [0.1, 0.15) is 6.73 Å². The summed E-state index contributed by atoms with van der Waals surface area (Å²) >= 11 is 0. The molecule has 0 aliphatic carbocycles. The van der Waals surface area contributed by atoms with Crippen LogP contribution in [0.15, 0.2) is 6.26 Å². The SMILES string of the molecule is [C]1=COCNC1. The van der Waals surface area contributed by atoms with Crippen LogP contribution in [0.3, 0.4) is 0 Å². The number of nitrogens with one attached hydrogen (secondary N) is 1. The maximum atomic E-state index is 4.72. The first-order chi connectivity index (χ1) is 3.00. The fraction of sp³-hybridized carbons (Fsp3) is 0.500. The summed E-state index contributed by atoms with van der Waals surface area (Å²) in [7, 11) is 0. The molecule has 0 aromatic carbocycles. The van der Waals surface area contributed by atoms with Crippen molar-refractivity contribution in [1.29, 1.82) is 0 Å². The first-order valence-electron chi connectivity index (χ1n) is 1.87. The third-order valence-corrected chi connectivity index (χ3v) is 0.579. The molecule has 1 N–H and O–H groups in total. The van der Waals surface area contributed by atoms with Gasteiger partial charge in [0.15, 0.2) is 0 Å². The first-order valence-corrected chi connectivity index (χ1v) is 1.87. The van der Waals surface area contributed by atoms with Crippen LogP contribution in [0, 0.1) is 6.08 Å². The molecular formula is C4H6NO. The van der Waals surface area contributed by atoms with Crippen LogP contribution in [-0.2, 0) is 4.74 Å². The van der Waals surface area contributed by atoms with Crippen LogP contribution >= 0.6 is 0 Å². The predicted molar refractivity (Wildman–Crippen MR) is 21.8 cm³/mol. The van der Waals surface area contributed by atoms with E-state index in [9.17, 15) is 0 Å². The summed E-state index contributed by atoms with van der Waals surface area (Å²) in [6.45, 7) is 1.45. The zero-order chi connectivity index (χ0) is 4.24. The van der Waals surface area contributed by atoms with E-state index in [0.717, 1.165) is 6.54 Å². The zero-order valence-corrected chi connectivity index (χ0v) is 3.40. The summed E-state index contributed by atoms with van der Waals surface area (Å²) in [4.78, 5) is 0. The van der Waals surface area contributed by atoms with Gasteiger partial charge in [0.2, 0.25) is 0 Å². The molecule has 1 rings (SSSR count). The van der Waals surface area contributed by atoms with Crippen molar-refractivity contribution >= 4 is 0 Å². The lowest BCUT2D eigenvalue weighted by atomic mass is 10.6. The highest BCUT2D eigenvalue weighted by atomic mass is 16.5.